The molecule has 0 fully saturated rings. The number of rotatable bonds is 3. The Morgan fingerprint density at radius 3 is 2.71 bits per heavy atom. The first-order valence-electron chi connectivity index (χ1n) is 5.24. The highest BCUT2D eigenvalue weighted by atomic mass is 16.3. The van der Waals surface area contributed by atoms with Crippen LogP contribution in [-0.4, -0.2) is 15.1 Å². The van der Waals surface area contributed by atoms with Crippen molar-refractivity contribution in [1.82, 2.24) is 9.97 Å². The molecule has 1 aromatic heterocycles. The van der Waals surface area contributed by atoms with E-state index in [1.807, 2.05) is 6.07 Å². The highest BCUT2D eigenvalue weighted by molar-refractivity contribution is 5.27. The lowest BCUT2D eigenvalue weighted by Crippen LogP contribution is -2.24. The fraction of sp³-hybridized carbons (Fsp3) is 0.167. The normalized spacial score (nSPS) is 10.4. The zero-order valence-electron chi connectivity index (χ0n) is 9.06. The van der Waals surface area contributed by atoms with Crippen molar-refractivity contribution in [2.75, 3.05) is 0 Å². The van der Waals surface area contributed by atoms with Gasteiger partial charge in [-0.2, -0.15) is 0 Å². The van der Waals surface area contributed by atoms with Crippen LogP contribution in [0.25, 0.3) is 0 Å². The average molecular weight is 232 g/mol. The molecule has 0 saturated heterocycles. The van der Waals surface area contributed by atoms with Crippen molar-refractivity contribution in [3.63, 3.8) is 0 Å². The van der Waals surface area contributed by atoms with E-state index in [9.17, 15) is 14.7 Å². The van der Waals surface area contributed by atoms with Crippen LogP contribution in [0.3, 0.4) is 0 Å². The second-order valence-electron chi connectivity index (χ2n) is 3.77. The number of phenols is 1. The van der Waals surface area contributed by atoms with Gasteiger partial charge in [-0.3, -0.25) is 9.78 Å². The van der Waals surface area contributed by atoms with Crippen molar-refractivity contribution >= 4 is 0 Å². The van der Waals surface area contributed by atoms with Crippen molar-refractivity contribution in [2.45, 2.75) is 12.8 Å². The number of aromatic nitrogens is 2. The van der Waals surface area contributed by atoms with Gasteiger partial charge in [0.05, 0.1) is 0 Å². The Labute approximate surface area is 96.8 Å². The van der Waals surface area contributed by atoms with Gasteiger partial charge >= 0.3 is 5.69 Å². The van der Waals surface area contributed by atoms with E-state index in [1.165, 1.54) is 6.20 Å². The van der Waals surface area contributed by atoms with Crippen molar-refractivity contribution < 1.29 is 5.11 Å². The molecule has 0 aliphatic heterocycles. The number of aryl methyl sites for hydroxylation is 2. The third kappa shape index (κ3) is 2.84. The van der Waals surface area contributed by atoms with Crippen LogP contribution in [0.15, 0.2) is 40.1 Å². The van der Waals surface area contributed by atoms with Gasteiger partial charge in [-0.05, 0) is 30.5 Å². The largest absolute Gasteiger partial charge is 0.508 e. The van der Waals surface area contributed by atoms with E-state index in [-0.39, 0.29) is 11.3 Å². The summed E-state index contributed by atoms with van der Waals surface area (Å²) in [7, 11) is 0. The van der Waals surface area contributed by atoms with Crippen LogP contribution in [0.1, 0.15) is 11.1 Å². The second-order valence-corrected chi connectivity index (χ2v) is 3.77. The van der Waals surface area contributed by atoms with E-state index < -0.39 is 5.69 Å². The van der Waals surface area contributed by atoms with Crippen LogP contribution in [0.5, 0.6) is 5.75 Å². The molecule has 0 spiro atoms. The number of nitrogens with one attached hydrogen (secondary N) is 2. The summed E-state index contributed by atoms with van der Waals surface area (Å²) in [5.74, 6) is 0.206. The minimum atomic E-state index is -0.504. The summed E-state index contributed by atoms with van der Waals surface area (Å²) in [5.41, 5.74) is 0.591. The molecule has 88 valence electrons. The molecule has 2 aromatic rings. The summed E-state index contributed by atoms with van der Waals surface area (Å²) in [6.45, 7) is 0. The number of hydrogen-bond donors (Lipinski definition) is 3. The van der Waals surface area contributed by atoms with E-state index in [0.29, 0.717) is 18.4 Å². The van der Waals surface area contributed by atoms with E-state index in [0.717, 1.165) is 5.56 Å². The minimum absolute atomic E-state index is 0.206. The maximum Gasteiger partial charge on any atom is 0.325 e. The molecule has 0 aliphatic carbocycles. The first-order valence-corrected chi connectivity index (χ1v) is 5.24. The monoisotopic (exact) mass is 232 g/mol. The molecule has 0 bridgehead atoms. The standard InChI is InChI=1S/C12H12N2O3/c15-10-3-1-2-8(6-10)4-5-9-7-13-12(17)14-11(9)16/h1-3,6-7,15H,4-5H2,(H2,13,14,16,17). The molecule has 1 heterocycles. The van der Waals surface area contributed by atoms with Crippen molar-refractivity contribution in [2.24, 2.45) is 0 Å². The maximum absolute atomic E-state index is 11.4. The molecule has 2 rings (SSSR count). The molecule has 5 heteroatoms. The summed E-state index contributed by atoms with van der Waals surface area (Å²) in [6.07, 6.45) is 2.56. The third-order valence-electron chi connectivity index (χ3n) is 2.49. The SMILES string of the molecule is O=c1[nH]cc(CCc2cccc(O)c2)c(=O)[nH]1. The van der Waals surface area contributed by atoms with Crippen molar-refractivity contribution in [3.8, 4) is 5.75 Å². The van der Waals surface area contributed by atoms with E-state index >= 15 is 0 Å². The van der Waals surface area contributed by atoms with Gasteiger partial charge in [-0.1, -0.05) is 12.1 Å². The zero-order chi connectivity index (χ0) is 12.3. The van der Waals surface area contributed by atoms with Crippen LogP contribution >= 0.6 is 0 Å². The highest BCUT2D eigenvalue weighted by Crippen LogP contribution is 2.12. The lowest BCUT2D eigenvalue weighted by Gasteiger charge is -2.01. The Balaban J connectivity index is 2.12. The van der Waals surface area contributed by atoms with Crippen LogP contribution in [0, 0.1) is 0 Å². The molecule has 17 heavy (non-hydrogen) atoms. The molecular weight excluding hydrogens is 220 g/mol. The Morgan fingerprint density at radius 2 is 2.00 bits per heavy atom. The Bertz CT molecular complexity index is 628. The van der Waals surface area contributed by atoms with Crippen LogP contribution in [0.4, 0.5) is 0 Å². The first kappa shape index (κ1) is 11.2. The fourth-order valence-electron chi connectivity index (χ4n) is 1.61. The first-order chi connectivity index (χ1) is 8.15. The molecule has 0 atom stereocenters. The quantitative estimate of drug-likeness (QED) is 0.722. The number of aromatic hydroxyl groups is 1. The average Bonchev–Trinajstić information content (AvgIpc) is 2.28. The molecule has 0 aliphatic rings. The van der Waals surface area contributed by atoms with Crippen LogP contribution in [-0.2, 0) is 12.8 Å². The van der Waals surface area contributed by atoms with Gasteiger partial charge in [0.2, 0.25) is 0 Å². The molecule has 5 nitrogen and oxygen atoms in total. The van der Waals surface area contributed by atoms with Crippen LogP contribution in [0.2, 0.25) is 0 Å². The summed E-state index contributed by atoms with van der Waals surface area (Å²) in [4.78, 5) is 26.8. The molecule has 0 amide bonds. The smallest absolute Gasteiger partial charge is 0.325 e. The van der Waals surface area contributed by atoms with E-state index in [1.54, 1.807) is 18.2 Å². The summed E-state index contributed by atoms with van der Waals surface area (Å²) < 4.78 is 0. The Kier molecular flexibility index (Phi) is 3.09. The molecule has 0 radical (unpaired) electrons. The molecule has 3 N–H and O–H groups in total. The predicted octanol–water partition coefficient (Wildman–Crippen LogP) is 0.554. The van der Waals surface area contributed by atoms with Gasteiger partial charge in [-0.15, -0.1) is 0 Å². The van der Waals surface area contributed by atoms with Crippen molar-refractivity contribution in [1.29, 1.82) is 0 Å². The number of benzene rings is 1. The molecule has 1 aromatic carbocycles. The highest BCUT2D eigenvalue weighted by Gasteiger charge is 2.01. The Morgan fingerprint density at radius 1 is 1.18 bits per heavy atom. The van der Waals surface area contributed by atoms with E-state index in [4.69, 9.17) is 0 Å². The summed E-state index contributed by atoms with van der Waals surface area (Å²) in [5, 5.41) is 9.29. The molecule has 0 unspecified atom stereocenters. The summed E-state index contributed by atoms with van der Waals surface area (Å²) in [6, 6.07) is 6.87. The number of H-pyrrole nitrogens is 2. The van der Waals surface area contributed by atoms with Gasteiger partial charge in [0.1, 0.15) is 5.75 Å². The van der Waals surface area contributed by atoms with E-state index in [2.05, 4.69) is 9.97 Å². The second kappa shape index (κ2) is 4.69. The van der Waals surface area contributed by atoms with Gasteiger partial charge in [0.15, 0.2) is 0 Å². The summed E-state index contributed by atoms with van der Waals surface area (Å²) >= 11 is 0. The van der Waals surface area contributed by atoms with Crippen molar-refractivity contribution in [3.05, 3.63) is 62.4 Å². The number of hydrogen-bond acceptors (Lipinski definition) is 3. The fourth-order valence-corrected chi connectivity index (χ4v) is 1.61. The molecule has 0 saturated carbocycles. The van der Waals surface area contributed by atoms with Gasteiger partial charge in [0.25, 0.3) is 5.56 Å². The minimum Gasteiger partial charge on any atom is -0.508 e. The number of phenolic OH excluding ortho intramolecular Hbond substituents is 1. The Hall–Kier alpha value is -2.30. The van der Waals surface area contributed by atoms with Gasteiger partial charge in [-0.25, -0.2) is 4.79 Å². The third-order valence-corrected chi connectivity index (χ3v) is 2.49. The number of aromatic amines is 2. The molecular formula is C12H12N2O3. The predicted molar refractivity (Wildman–Crippen MR) is 63.2 cm³/mol. The zero-order valence-corrected chi connectivity index (χ0v) is 9.06. The van der Waals surface area contributed by atoms with Gasteiger partial charge in [0, 0.05) is 11.8 Å². The maximum atomic E-state index is 11.4. The topological polar surface area (TPSA) is 85.9 Å². The lowest BCUT2D eigenvalue weighted by atomic mass is 10.1. The van der Waals surface area contributed by atoms with Gasteiger partial charge < -0.3 is 10.1 Å². The lowest BCUT2D eigenvalue weighted by molar-refractivity contribution is 0.474. The van der Waals surface area contributed by atoms with Crippen LogP contribution < -0.4 is 11.2 Å².